The topological polar surface area (TPSA) is 37.3 Å². The van der Waals surface area contributed by atoms with Gasteiger partial charge in [-0.2, -0.15) is 0 Å². The van der Waals surface area contributed by atoms with Crippen LogP contribution in [0.4, 0.5) is 0 Å². The quantitative estimate of drug-likeness (QED) is 0.783. The van der Waals surface area contributed by atoms with Crippen LogP contribution in [-0.2, 0) is 4.79 Å². The number of carboxylic acid groups (broad SMARTS) is 1. The fourth-order valence-electron chi connectivity index (χ4n) is 2.98. The average Bonchev–Trinajstić information content (AvgIpc) is 2.21. The van der Waals surface area contributed by atoms with Gasteiger partial charge in [-0.25, -0.2) is 0 Å². The molecule has 1 rings (SSSR count). The van der Waals surface area contributed by atoms with Crippen LogP contribution in [0.3, 0.4) is 0 Å². The lowest BCUT2D eigenvalue weighted by Gasteiger charge is -2.38. The molecule has 0 radical (unpaired) electrons. The Hall–Kier alpha value is -1.05. The minimum absolute atomic E-state index is 0.283. The minimum atomic E-state index is -0.717. The number of rotatable bonds is 5. The lowest BCUT2D eigenvalue weighted by Crippen LogP contribution is -2.34. The summed E-state index contributed by atoms with van der Waals surface area (Å²) in [6, 6.07) is 0. The zero-order valence-corrected chi connectivity index (χ0v) is 13.2. The monoisotopic (exact) mass is 264 g/mol. The van der Waals surface area contributed by atoms with Gasteiger partial charge in [-0.1, -0.05) is 59.3 Å². The van der Waals surface area contributed by atoms with Gasteiger partial charge in [0.1, 0.15) is 0 Å². The first-order valence-corrected chi connectivity index (χ1v) is 7.29. The number of hydrogen-bond acceptors (Lipinski definition) is 1. The predicted octanol–water partition coefficient (Wildman–Crippen LogP) is 4.67. The summed E-state index contributed by atoms with van der Waals surface area (Å²) in [6.45, 7) is 13.0. The molecule has 0 fully saturated rings. The molecule has 2 heteroatoms. The van der Waals surface area contributed by atoms with Crippen molar-refractivity contribution in [1.82, 2.24) is 0 Å². The number of aliphatic carboxylic acids is 1. The van der Waals surface area contributed by atoms with Crippen molar-refractivity contribution in [2.45, 2.75) is 54.4 Å². The van der Waals surface area contributed by atoms with Crippen LogP contribution in [0.15, 0.2) is 23.3 Å². The van der Waals surface area contributed by atoms with Crippen molar-refractivity contribution in [2.24, 2.45) is 23.2 Å². The molecule has 1 aliphatic carbocycles. The smallest absolute Gasteiger partial charge is 0.311 e. The first-order valence-electron chi connectivity index (χ1n) is 7.29. The van der Waals surface area contributed by atoms with Gasteiger partial charge in [0.25, 0.3) is 0 Å². The van der Waals surface area contributed by atoms with Crippen LogP contribution >= 0.6 is 0 Å². The molecular weight excluding hydrogens is 236 g/mol. The fraction of sp³-hybridized carbons (Fsp3) is 0.706. The van der Waals surface area contributed by atoms with E-state index in [2.05, 4.69) is 47.6 Å². The maximum Gasteiger partial charge on any atom is 0.311 e. The molecule has 0 heterocycles. The molecule has 2 nitrogen and oxygen atoms in total. The first kappa shape index (κ1) is 16.0. The van der Waals surface area contributed by atoms with E-state index < -0.39 is 11.9 Å². The molecular formula is C17H28O2. The first-order chi connectivity index (χ1) is 8.66. The number of allylic oxidation sites excluding steroid dienone is 3. The van der Waals surface area contributed by atoms with Crippen LogP contribution in [0.2, 0.25) is 0 Å². The van der Waals surface area contributed by atoms with Crippen molar-refractivity contribution in [3.05, 3.63) is 23.3 Å². The van der Waals surface area contributed by atoms with Crippen molar-refractivity contribution in [2.75, 3.05) is 0 Å². The van der Waals surface area contributed by atoms with Crippen LogP contribution in [0.5, 0.6) is 0 Å². The summed E-state index contributed by atoms with van der Waals surface area (Å²) in [5.41, 5.74) is 2.41. The zero-order valence-electron chi connectivity index (χ0n) is 13.2. The Morgan fingerprint density at radius 2 is 1.74 bits per heavy atom. The molecule has 108 valence electrons. The van der Waals surface area contributed by atoms with Gasteiger partial charge in [0.2, 0.25) is 0 Å². The molecule has 0 saturated heterocycles. The van der Waals surface area contributed by atoms with E-state index in [0.717, 1.165) is 12.8 Å². The summed E-state index contributed by atoms with van der Waals surface area (Å²) >= 11 is 0. The van der Waals surface area contributed by atoms with E-state index in [9.17, 15) is 9.90 Å². The largest absolute Gasteiger partial charge is 0.481 e. The van der Waals surface area contributed by atoms with Crippen LogP contribution in [0.1, 0.15) is 54.4 Å². The standard InChI is InChI=1S/C17H28O2/c1-11(2)9-13-7-8-14(16(18)19)17(5,6)15(13)10-12(3)4/h7-8,11-12,14H,9-10H2,1-6H3,(H,18,19). The molecule has 0 bridgehead atoms. The second-order valence-electron chi connectivity index (χ2n) is 7.10. The molecule has 0 aromatic carbocycles. The Kier molecular flexibility index (Phi) is 5.00. The van der Waals surface area contributed by atoms with Crippen molar-refractivity contribution >= 4 is 5.97 Å². The van der Waals surface area contributed by atoms with E-state index in [1.54, 1.807) is 0 Å². The van der Waals surface area contributed by atoms with Crippen molar-refractivity contribution in [1.29, 1.82) is 0 Å². The van der Waals surface area contributed by atoms with Gasteiger partial charge in [0, 0.05) is 5.41 Å². The normalized spacial score (nSPS) is 22.4. The highest BCUT2D eigenvalue weighted by Crippen LogP contribution is 2.45. The predicted molar refractivity (Wildman–Crippen MR) is 80.0 cm³/mol. The van der Waals surface area contributed by atoms with E-state index >= 15 is 0 Å². The van der Waals surface area contributed by atoms with E-state index in [1.165, 1.54) is 11.1 Å². The molecule has 0 aliphatic heterocycles. The highest BCUT2D eigenvalue weighted by molar-refractivity contribution is 5.75. The third-order valence-corrected chi connectivity index (χ3v) is 3.94. The molecule has 0 amide bonds. The molecule has 0 aromatic heterocycles. The third-order valence-electron chi connectivity index (χ3n) is 3.94. The van der Waals surface area contributed by atoms with Crippen molar-refractivity contribution in [3.8, 4) is 0 Å². The molecule has 1 aliphatic rings. The molecule has 0 saturated carbocycles. The minimum Gasteiger partial charge on any atom is -0.481 e. The zero-order chi connectivity index (χ0) is 14.8. The summed E-state index contributed by atoms with van der Waals surface area (Å²) in [6.07, 6.45) is 5.96. The second-order valence-corrected chi connectivity index (χ2v) is 7.10. The average molecular weight is 264 g/mol. The van der Waals surface area contributed by atoms with E-state index in [-0.39, 0.29) is 5.41 Å². The van der Waals surface area contributed by atoms with Gasteiger partial charge < -0.3 is 5.11 Å². The SMILES string of the molecule is CC(C)CC1=C(CC(C)C)C(C)(C)C(C(=O)O)C=C1. The summed E-state index contributed by atoms with van der Waals surface area (Å²) < 4.78 is 0. The van der Waals surface area contributed by atoms with Crippen LogP contribution in [0.25, 0.3) is 0 Å². The van der Waals surface area contributed by atoms with Crippen LogP contribution in [-0.4, -0.2) is 11.1 Å². The Bertz CT molecular complexity index is 397. The maximum absolute atomic E-state index is 11.5. The number of carboxylic acids is 1. The van der Waals surface area contributed by atoms with Crippen molar-refractivity contribution in [3.63, 3.8) is 0 Å². The van der Waals surface area contributed by atoms with Crippen LogP contribution in [0, 0.1) is 23.2 Å². The summed E-state index contributed by atoms with van der Waals surface area (Å²) in [5.74, 6) is 0.0274. The van der Waals surface area contributed by atoms with Gasteiger partial charge >= 0.3 is 5.97 Å². The molecule has 0 spiro atoms. The molecule has 19 heavy (non-hydrogen) atoms. The summed E-state index contributed by atoms with van der Waals surface area (Å²) in [7, 11) is 0. The Morgan fingerprint density at radius 3 is 2.16 bits per heavy atom. The molecule has 1 unspecified atom stereocenters. The molecule has 1 atom stereocenters. The summed E-state index contributed by atoms with van der Waals surface area (Å²) in [5, 5.41) is 9.42. The highest BCUT2D eigenvalue weighted by atomic mass is 16.4. The number of hydrogen-bond donors (Lipinski definition) is 1. The Morgan fingerprint density at radius 1 is 1.21 bits per heavy atom. The Labute approximate surface area is 117 Å². The van der Waals surface area contributed by atoms with Gasteiger partial charge in [0.05, 0.1) is 5.92 Å². The fourth-order valence-corrected chi connectivity index (χ4v) is 2.98. The maximum atomic E-state index is 11.5. The van der Waals surface area contributed by atoms with Crippen LogP contribution < -0.4 is 0 Å². The third kappa shape index (κ3) is 3.71. The van der Waals surface area contributed by atoms with E-state index in [0.29, 0.717) is 11.8 Å². The van der Waals surface area contributed by atoms with Gasteiger partial charge in [-0.15, -0.1) is 0 Å². The van der Waals surface area contributed by atoms with E-state index in [4.69, 9.17) is 0 Å². The highest BCUT2D eigenvalue weighted by Gasteiger charge is 2.39. The van der Waals surface area contributed by atoms with E-state index in [1.807, 2.05) is 6.08 Å². The molecule has 0 aromatic rings. The number of carbonyl (C=O) groups is 1. The second kappa shape index (κ2) is 5.94. The van der Waals surface area contributed by atoms with Gasteiger partial charge in [-0.3, -0.25) is 4.79 Å². The molecule has 1 N–H and O–H groups in total. The van der Waals surface area contributed by atoms with Crippen molar-refractivity contribution < 1.29 is 9.90 Å². The lowest BCUT2D eigenvalue weighted by molar-refractivity contribution is -0.142. The lowest BCUT2D eigenvalue weighted by atomic mass is 9.65. The summed E-state index contributed by atoms with van der Waals surface area (Å²) in [4.78, 5) is 11.5. The van der Waals surface area contributed by atoms with Gasteiger partial charge in [0.15, 0.2) is 0 Å². The van der Waals surface area contributed by atoms with Gasteiger partial charge in [-0.05, 0) is 30.3 Å². The Balaban J connectivity index is 3.21.